The van der Waals surface area contributed by atoms with Crippen molar-refractivity contribution in [3.63, 3.8) is 0 Å². The van der Waals surface area contributed by atoms with E-state index in [1.54, 1.807) is 24.3 Å². The molecule has 0 aliphatic rings. The third-order valence-corrected chi connectivity index (χ3v) is 5.69. The summed E-state index contributed by atoms with van der Waals surface area (Å²) in [5.41, 5.74) is 5.05. The number of aliphatic hydroxyl groups is 1. The fraction of sp³-hybridized carbons (Fsp3) is 0.172. The van der Waals surface area contributed by atoms with E-state index in [4.69, 9.17) is 9.84 Å². The van der Waals surface area contributed by atoms with E-state index >= 15 is 0 Å². The van der Waals surface area contributed by atoms with Crippen LogP contribution in [0.1, 0.15) is 32.0 Å². The van der Waals surface area contributed by atoms with E-state index in [1.165, 1.54) is 0 Å². The van der Waals surface area contributed by atoms with Crippen LogP contribution in [0.4, 0.5) is 11.4 Å². The third-order valence-electron chi connectivity index (χ3n) is 5.69. The summed E-state index contributed by atoms with van der Waals surface area (Å²) in [5, 5.41) is 12.2. The molecule has 0 saturated carbocycles. The zero-order valence-electron chi connectivity index (χ0n) is 19.6. The summed E-state index contributed by atoms with van der Waals surface area (Å²) in [4.78, 5) is 25.0. The minimum atomic E-state index is -0.0491. The van der Waals surface area contributed by atoms with Crippen molar-refractivity contribution in [2.75, 3.05) is 18.5 Å². The lowest BCUT2D eigenvalue weighted by atomic mass is 10.0. The van der Waals surface area contributed by atoms with E-state index in [9.17, 15) is 9.59 Å². The van der Waals surface area contributed by atoms with Crippen LogP contribution in [0, 0.1) is 0 Å². The van der Waals surface area contributed by atoms with Crippen LogP contribution in [0.5, 0.6) is 5.75 Å². The number of aryl methyl sites for hydroxylation is 1. The highest BCUT2D eigenvalue weighted by molar-refractivity contribution is 5.97. The van der Waals surface area contributed by atoms with Crippen LogP contribution >= 0.6 is 0 Å². The topological polar surface area (TPSA) is 80.6 Å². The standard InChI is InChI=1S/C29H28N2O4/c1-31-16-2-3-27(31)29(34)20-22-6-12-25(13-7-22)30-24-10-4-21(5-11-24)19-28(33)23-8-14-26(15-9-23)35-18-17-32/h2-16,30,32H,17-20H2,1H3. The zero-order chi connectivity index (χ0) is 24.6. The molecule has 0 aliphatic carbocycles. The second kappa shape index (κ2) is 11.3. The second-order valence-corrected chi connectivity index (χ2v) is 8.32. The number of benzene rings is 3. The predicted octanol–water partition coefficient (Wildman–Crippen LogP) is 4.99. The van der Waals surface area contributed by atoms with Crippen LogP contribution in [0.2, 0.25) is 0 Å². The first kappa shape index (κ1) is 24.0. The molecule has 0 amide bonds. The molecule has 0 radical (unpaired) electrons. The Labute approximate surface area is 204 Å². The van der Waals surface area contributed by atoms with Gasteiger partial charge < -0.3 is 19.7 Å². The lowest BCUT2D eigenvalue weighted by molar-refractivity contribution is 0.0980. The number of rotatable bonds is 11. The number of nitrogens with one attached hydrogen (secondary N) is 1. The number of aliphatic hydroxyl groups excluding tert-OH is 1. The molecule has 0 unspecified atom stereocenters. The number of nitrogens with zero attached hydrogens (tertiary/aromatic N) is 1. The van der Waals surface area contributed by atoms with Gasteiger partial charge in [0.25, 0.3) is 0 Å². The van der Waals surface area contributed by atoms with Gasteiger partial charge in [-0.2, -0.15) is 0 Å². The van der Waals surface area contributed by atoms with Crippen LogP contribution in [0.3, 0.4) is 0 Å². The minimum absolute atomic E-state index is 0.0277. The lowest BCUT2D eigenvalue weighted by Gasteiger charge is -2.09. The molecule has 3 aromatic carbocycles. The van der Waals surface area contributed by atoms with E-state index in [2.05, 4.69) is 5.32 Å². The van der Waals surface area contributed by atoms with Crippen molar-refractivity contribution in [3.8, 4) is 5.75 Å². The van der Waals surface area contributed by atoms with Crippen molar-refractivity contribution in [2.45, 2.75) is 12.8 Å². The summed E-state index contributed by atoms with van der Waals surface area (Å²) in [6.07, 6.45) is 2.54. The molecule has 6 heteroatoms. The Morgan fingerprint density at radius 1 is 0.800 bits per heavy atom. The number of ketones is 2. The highest BCUT2D eigenvalue weighted by Crippen LogP contribution is 2.20. The average Bonchev–Trinajstić information content (AvgIpc) is 3.31. The molecule has 1 heterocycles. The Morgan fingerprint density at radius 3 is 1.89 bits per heavy atom. The smallest absolute Gasteiger partial charge is 0.183 e. The summed E-state index contributed by atoms with van der Waals surface area (Å²) in [5.74, 6) is 0.746. The Hall–Kier alpha value is -4.16. The number of hydrogen-bond donors (Lipinski definition) is 2. The molecule has 0 aliphatic heterocycles. The number of carbonyl (C=O) groups is 2. The molecular formula is C29H28N2O4. The summed E-state index contributed by atoms with van der Waals surface area (Å²) in [6, 6.07) is 26.2. The molecule has 0 bridgehead atoms. The van der Waals surface area contributed by atoms with E-state index in [0.717, 1.165) is 22.5 Å². The molecule has 0 spiro atoms. The maximum Gasteiger partial charge on any atom is 0.183 e. The molecule has 178 valence electrons. The summed E-state index contributed by atoms with van der Waals surface area (Å²) in [7, 11) is 1.87. The van der Waals surface area contributed by atoms with Gasteiger partial charge >= 0.3 is 0 Å². The van der Waals surface area contributed by atoms with Crippen molar-refractivity contribution in [3.05, 3.63) is 114 Å². The van der Waals surface area contributed by atoms with Gasteiger partial charge in [-0.1, -0.05) is 24.3 Å². The molecule has 0 atom stereocenters. The molecule has 0 fully saturated rings. The summed E-state index contributed by atoms with van der Waals surface area (Å²) >= 11 is 0. The van der Waals surface area contributed by atoms with Gasteiger partial charge in [-0.3, -0.25) is 9.59 Å². The van der Waals surface area contributed by atoms with Crippen LogP contribution < -0.4 is 10.1 Å². The Bertz CT molecular complexity index is 1270. The van der Waals surface area contributed by atoms with Crippen LogP contribution in [0.15, 0.2) is 91.1 Å². The van der Waals surface area contributed by atoms with E-state index in [-0.39, 0.29) is 24.8 Å². The fourth-order valence-corrected chi connectivity index (χ4v) is 3.79. The average molecular weight is 469 g/mol. The van der Waals surface area contributed by atoms with Gasteiger partial charge in [0.05, 0.1) is 12.3 Å². The van der Waals surface area contributed by atoms with Gasteiger partial charge in [0.1, 0.15) is 12.4 Å². The Balaban J connectivity index is 1.30. The van der Waals surface area contributed by atoms with Crippen molar-refractivity contribution in [1.29, 1.82) is 0 Å². The van der Waals surface area contributed by atoms with Gasteiger partial charge in [0.2, 0.25) is 0 Å². The van der Waals surface area contributed by atoms with Crippen LogP contribution in [-0.4, -0.2) is 34.5 Å². The molecule has 6 nitrogen and oxygen atoms in total. The van der Waals surface area contributed by atoms with Crippen LogP contribution in [0.25, 0.3) is 0 Å². The highest BCUT2D eigenvalue weighted by atomic mass is 16.5. The molecule has 0 saturated heterocycles. The molecular weight excluding hydrogens is 440 g/mol. The SMILES string of the molecule is Cn1cccc1C(=O)Cc1ccc(Nc2ccc(CC(=O)c3ccc(OCCO)cc3)cc2)cc1. The minimum Gasteiger partial charge on any atom is -0.491 e. The monoisotopic (exact) mass is 468 g/mol. The van der Waals surface area contributed by atoms with E-state index in [0.29, 0.717) is 29.8 Å². The lowest BCUT2D eigenvalue weighted by Crippen LogP contribution is -2.08. The quantitative estimate of drug-likeness (QED) is 0.303. The van der Waals surface area contributed by atoms with Gasteiger partial charge in [-0.15, -0.1) is 0 Å². The first-order valence-corrected chi connectivity index (χ1v) is 11.5. The van der Waals surface area contributed by atoms with E-state index in [1.807, 2.05) is 78.5 Å². The largest absolute Gasteiger partial charge is 0.491 e. The first-order chi connectivity index (χ1) is 17.0. The van der Waals surface area contributed by atoms with Crippen LogP contribution in [-0.2, 0) is 19.9 Å². The molecule has 4 rings (SSSR count). The fourth-order valence-electron chi connectivity index (χ4n) is 3.79. The summed E-state index contributed by atoms with van der Waals surface area (Å²) in [6.45, 7) is 0.179. The van der Waals surface area contributed by atoms with Crippen molar-refractivity contribution >= 4 is 22.9 Å². The van der Waals surface area contributed by atoms with Crippen molar-refractivity contribution in [1.82, 2.24) is 4.57 Å². The maximum absolute atomic E-state index is 12.6. The van der Waals surface area contributed by atoms with E-state index < -0.39 is 0 Å². The number of aromatic nitrogens is 1. The number of ether oxygens (including phenoxy) is 1. The number of Topliss-reactive ketones (excluding diaryl/α,β-unsaturated/α-hetero) is 2. The first-order valence-electron chi connectivity index (χ1n) is 11.5. The van der Waals surface area contributed by atoms with Gasteiger partial charge in [0, 0.05) is 43.0 Å². The Morgan fingerprint density at radius 2 is 1.37 bits per heavy atom. The second-order valence-electron chi connectivity index (χ2n) is 8.32. The molecule has 2 N–H and O–H groups in total. The number of anilines is 2. The normalized spacial score (nSPS) is 10.7. The van der Waals surface area contributed by atoms with Gasteiger partial charge in [0.15, 0.2) is 11.6 Å². The number of hydrogen-bond acceptors (Lipinski definition) is 5. The molecule has 35 heavy (non-hydrogen) atoms. The Kier molecular flexibility index (Phi) is 7.75. The number of carbonyl (C=O) groups excluding carboxylic acids is 2. The van der Waals surface area contributed by atoms with Crippen molar-refractivity contribution in [2.24, 2.45) is 7.05 Å². The summed E-state index contributed by atoms with van der Waals surface area (Å²) < 4.78 is 7.16. The zero-order valence-corrected chi connectivity index (χ0v) is 19.6. The predicted molar refractivity (Wildman–Crippen MR) is 137 cm³/mol. The van der Waals surface area contributed by atoms with Gasteiger partial charge in [-0.05, 0) is 71.8 Å². The maximum atomic E-state index is 12.6. The molecule has 1 aromatic heterocycles. The third kappa shape index (κ3) is 6.46. The highest BCUT2D eigenvalue weighted by Gasteiger charge is 2.10. The van der Waals surface area contributed by atoms with Gasteiger partial charge in [-0.25, -0.2) is 0 Å². The molecule has 4 aromatic rings. The van der Waals surface area contributed by atoms with Crippen molar-refractivity contribution < 1.29 is 19.4 Å².